The zero-order valence-electron chi connectivity index (χ0n) is 8.11. The minimum atomic E-state index is -1.07. The number of nitrogen functional groups attached to an aromatic ring is 1. The molecule has 78 valence electrons. The first-order chi connectivity index (χ1) is 7.07. The second-order valence-electron chi connectivity index (χ2n) is 2.78. The van der Waals surface area contributed by atoms with Gasteiger partial charge in [-0.2, -0.15) is 0 Å². The molecule has 5 nitrogen and oxygen atoms in total. The van der Waals surface area contributed by atoms with Crippen molar-refractivity contribution >= 4 is 23.2 Å². The summed E-state index contributed by atoms with van der Waals surface area (Å²) < 4.78 is 4.22. The first-order valence-electron chi connectivity index (χ1n) is 4.14. The van der Waals surface area contributed by atoms with Crippen molar-refractivity contribution in [3.8, 4) is 0 Å². The number of esters is 1. The van der Waals surface area contributed by atoms with Crippen molar-refractivity contribution in [3.63, 3.8) is 0 Å². The number of hydrogen-bond donors (Lipinski definition) is 2. The Kier molecular flexibility index (Phi) is 3.17. The molecule has 0 saturated heterocycles. The number of para-hydroxylation sites is 1. The fraction of sp³-hybridized carbons (Fsp3) is 0.100. The molecule has 0 spiro atoms. The number of Topliss-reactive ketones (excluding diaryl/α,β-unsaturated/α-hetero) is 1. The van der Waals surface area contributed by atoms with Gasteiger partial charge in [-0.05, 0) is 6.07 Å². The van der Waals surface area contributed by atoms with Gasteiger partial charge in [-0.25, -0.2) is 4.79 Å². The SMILES string of the molecule is COC(=O)C(=O)C(=N)c1ccccc1N. The van der Waals surface area contributed by atoms with E-state index in [1.807, 2.05) is 0 Å². The molecular formula is C10H10N2O3. The summed E-state index contributed by atoms with van der Waals surface area (Å²) in [6.07, 6.45) is 0. The lowest BCUT2D eigenvalue weighted by Crippen LogP contribution is -2.25. The van der Waals surface area contributed by atoms with E-state index in [0.29, 0.717) is 0 Å². The third kappa shape index (κ3) is 2.19. The van der Waals surface area contributed by atoms with Crippen LogP contribution < -0.4 is 5.73 Å². The Morgan fingerprint density at radius 2 is 1.93 bits per heavy atom. The number of benzene rings is 1. The fourth-order valence-electron chi connectivity index (χ4n) is 1.04. The maximum Gasteiger partial charge on any atom is 0.381 e. The number of ketones is 1. The smallest absolute Gasteiger partial charge is 0.381 e. The number of ether oxygens (including phenoxy) is 1. The Bertz CT molecular complexity index is 426. The summed E-state index contributed by atoms with van der Waals surface area (Å²) in [6, 6.07) is 6.35. The molecular weight excluding hydrogens is 196 g/mol. The Balaban J connectivity index is 3.01. The van der Waals surface area contributed by atoms with Gasteiger partial charge >= 0.3 is 5.97 Å². The first-order valence-corrected chi connectivity index (χ1v) is 4.14. The van der Waals surface area contributed by atoms with E-state index in [9.17, 15) is 9.59 Å². The van der Waals surface area contributed by atoms with Gasteiger partial charge in [-0.3, -0.25) is 10.2 Å². The van der Waals surface area contributed by atoms with Crippen LogP contribution in [0.5, 0.6) is 0 Å². The summed E-state index contributed by atoms with van der Waals surface area (Å²) in [6.45, 7) is 0. The molecule has 15 heavy (non-hydrogen) atoms. The monoisotopic (exact) mass is 206 g/mol. The third-order valence-corrected chi connectivity index (χ3v) is 1.83. The molecule has 0 heterocycles. The van der Waals surface area contributed by atoms with Crippen molar-refractivity contribution in [2.75, 3.05) is 12.8 Å². The van der Waals surface area contributed by atoms with E-state index in [1.54, 1.807) is 18.2 Å². The molecule has 0 radical (unpaired) electrons. The van der Waals surface area contributed by atoms with Crippen molar-refractivity contribution in [2.45, 2.75) is 0 Å². The summed E-state index contributed by atoms with van der Waals surface area (Å²) >= 11 is 0. The van der Waals surface area contributed by atoms with Crippen molar-refractivity contribution < 1.29 is 14.3 Å². The van der Waals surface area contributed by atoms with Gasteiger partial charge in [-0.15, -0.1) is 0 Å². The van der Waals surface area contributed by atoms with E-state index in [0.717, 1.165) is 7.11 Å². The van der Waals surface area contributed by atoms with E-state index in [-0.39, 0.29) is 11.3 Å². The molecule has 0 bridgehead atoms. The Morgan fingerprint density at radius 3 is 2.47 bits per heavy atom. The summed E-state index contributed by atoms with van der Waals surface area (Å²) in [5.74, 6) is -2.07. The number of carbonyl (C=O) groups excluding carboxylic acids is 2. The molecule has 5 heteroatoms. The average molecular weight is 206 g/mol. The molecule has 0 fully saturated rings. The minimum Gasteiger partial charge on any atom is -0.463 e. The molecule has 3 N–H and O–H groups in total. The number of carbonyl (C=O) groups is 2. The van der Waals surface area contributed by atoms with E-state index >= 15 is 0 Å². The van der Waals surface area contributed by atoms with E-state index < -0.39 is 17.5 Å². The Labute approximate surface area is 86.4 Å². The first kappa shape index (κ1) is 10.9. The predicted octanol–water partition coefficient (Wildman–Crippen LogP) is 0.379. The second-order valence-corrected chi connectivity index (χ2v) is 2.78. The highest BCUT2D eigenvalue weighted by Crippen LogP contribution is 2.11. The van der Waals surface area contributed by atoms with Gasteiger partial charge in [0.15, 0.2) is 0 Å². The van der Waals surface area contributed by atoms with Crippen LogP contribution in [0, 0.1) is 5.41 Å². The minimum absolute atomic E-state index is 0.230. The van der Waals surface area contributed by atoms with E-state index in [1.165, 1.54) is 6.07 Å². The predicted molar refractivity (Wildman–Crippen MR) is 54.7 cm³/mol. The van der Waals surface area contributed by atoms with Gasteiger partial charge in [0.1, 0.15) is 5.71 Å². The van der Waals surface area contributed by atoms with Crippen LogP contribution in [0.15, 0.2) is 24.3 Å². The lowest BCUT2D eigenvalue weighted by Gasteiger charge is -2.04. The zero-order valence-corrected chi connectivity index (χ0v) is 8.11. The van der Waals surface area contributed by atoms with Gasteiger partial charge in [0.25, 0.3) is 5.78 Å². The van der Waals surface area contributed by atoms with Gasteiger partial charge in [0.2, 0.25) is 0 Å². The van der Waals surface area contributed by atoms with E-state index in [4.69, 9.17) is 11.1 Å². The average Bonchev–Trinajstić information content (AvgIpc) is 2.26. The topological polar surface area (TPSA) is 93.2 Å². The van der Waals surface area contributed by atoms with Crippen LogP contribution in [0.25, 0.3) is 0 Å². The number of nitrogens with two attached hydrogens (primary N) is 1. The van der Waals surface area contributed by atoms with Crippen molar-refractivity contribution in [1.29, 1.82) is 5.41 Å². The summed E-state index contributed by atoms with van der Waals surface area (Å²) in [5.41, 5.74) is 5.60. The molecule has 0 unspecified atom stereocenters. The van der Waals surface area contributed by atoms with Gasteiger partial charge in [-0.1, -0.05) is 18.2 Å². The Morgan fingerprint density at radius 1 is 1.33 bits per heavy atom. The normalized spacial score (nSPS) is 9.40. The molecule has 0 atom stereocenters. The molecule has 1 rings (SSSR count). The summed E-state index contributed by atoms with van der Waals surface area (Å²) in [5, 5.41) is 7.48. The summed E-state index contributed by atoms with van der Waals surface area (Å²) in [7, 11) is 1.09. The van der Waals surface area contributed by atoms with Crippen LogP contribution in [0.4, 0.5) is 5.69 Å². The highest BCUT2D eigenvalue weighted by molar-refractivity contribution is 6.66. The molecule has 0 aromatic heterocycles. The maximum absolute atomic E-state index is 11.3. The van der Waals surface area contributed by atoms with Crippen LogP contribution in [0.2, 0.25) is 0 Å². The van der Waals surface area contributed by atoms with Crippen LogP contribution in [0.3, 0.4) is 0 Å². The van der Waals surface area contributed by atoms with Crippen LogP contribution in [0.1, 0.15) is 5.56 Å². The number of anilines is 1. The molecule has 0 aliphatic heterocycles. The molecule has 1 aromatic carbocycles. The standard InChI is InChI=1S/C10H10N2O3/c1-15-10(14)9(13)8(12)6-4-2-3-5-7(6)11/h2-5,12H,11H2,1H3. The molecule has 0 aliphatic rings. The number of hydrogen-bond acceptors (Lipinski definition) is 5. The van der Waals surface area contributed by atoms with Crippen LogP contribution in [-0.2, 0) is 14.3 Å². The molecule has 0 saturated carbocycles. The fourth-order valence-corrected chi connectivity index (χ4v) is 1.04. The van der Waals surface area contributed by atoms with E-state index in [2.05, 4.69) is 4.74 Å². The second kappa shape index (κ2) is 4.36. The number of methoxy groups -OCH3 is 1. The molecule has 0 aliphatic carbocycles. The number of nitrogens with one attached hydrogen (secondary N) is 1. The van der Waals surface area contributed by atoms with Gasteiger partial charge < -0.3 is 10.5 Å². The third-order valence-electron chi connectivity index (χ3n) is 1.83. The molecule has 0 amide bonds. The maximum atomic E-state index is 11.3. The lowest BCUT2D eigenvalue weighted by atomic mass is 10.0. The lowest BCUT2D eigenvalue weighted by molar-refractivity contribution is -0.148. The van der Waals surface area contributed by atoms with Crippen LogP contribution in [-0.4, -0.2) is 24.6 Å². The van der Waals surface area contributed by atoms with Crippen LogP contribution >= 0.6 is 0 Å². The highest BCUT2D eigenvalue weighted by atomic mass is 16.5. The van der Waals surface area contributed by atoms with Gasteiger partial charge in [0.05, 0.1) is 7.11 Å². The Hall–Kier alpha value is -2.17. The van der Waals surface area contributed by atoms with Crippen molar-refractivity contribution in [2.24, 2.45) is 0 Å². The van der Waals surface area contributed by atoms with Crippen molar-refractivity contribution in [1.82, 2.24) is 0 Å². The quantitative estimate of drug-likeness (QED) is 0.323. The number of rotatable bonds is 3. The largest absolute Gasteiger partial charge is 0.463 e. The molecule has 1 aromatic rings. The zero-order chi connectivity index (χ0) is 11.4. The van der Waals surface area contributed by atoms with Crippen molar-refractivity contribution in [3.05, 3.63) is 29.8 Å². The summed E-state index contributed by atoms with van der Waals surface area (Å²) in [4.78, 5) is 22.2. The van der Waals surface area contributed by atoms with Gasteiger partial charge in [0, 0.05) is 11.3 Å². The highest BCUT2D eigenvalue weighted by Gasteiger charge is 2.22.